The number of hydrogen-bond acceptors (Lipinski definition) is 1. The Morgan fingerprint density at radius 3 is 2.53 bits per heavy atom. The lowest BCUT2D eigenvalue weighted by atomic mass is 9.96. The number of rotatable bonds is 3. The van der Waals surface area contributed by atoms with Crippen LogP contribution in [0.25, 0.3) is 0 Å². The summed E-state index contributed by atoms with van der Waals surface area (Å²) in [7, 11) is 0. The van der Waals surface area contributed by atoms with Crippen molar-refractivity contribution in [3.63, 3.8) is 0 Å². The molecule has 84 valence electrons. The van der Waals surface area contributed by atoms with Crippen LogP contribution in [-0.2, 0) is 6.54 Å². The second kappa shape index (κ2) is 5.96. The quantitative estimate of drug-likeness (QED) is 0.781. The summed E-state index contributed by atoms with van der Waals surface area (Å²) in [5, 5.41) is 3.67. The Labute approximate surface area is 92.5 Å². The third-order valence-corrected chi connectivity index (χ3v) is 3.36. The highest BCUT2D eigenvalue weighted by molar-refractivity contribution is 5.07. The van der Waals surface area contributed by atoms with E-state index in [4.69, 9.17) is 0 Å². The lowest BCUT2D eigenvalue weighted by Crippen LogP contribution is -2.29. The third-order valence-electron chi connectivity index (χ3n) is 3.36. The van der Waals surface area contributed by atoms with Gasteiger partial charge >= 0.3 is 0 Å². The molecule has 0 aliphatic heterocycles. The highest BCUT2D eigenvalue weighted by atomic mass is 14.9. The van der Waals surface area contributed by atoms with Gasteiger partial charge in [-0.1, -0.05) is 32.1 Å². The van der Waals surface area contributed by atoms with Gasteiger partial charge < -0.3 is 10.3 Å². The molecule has 1 aliphatic rings. The molecule has 15 heavy (non-hydrogen) atoms. The lowest BCUT2D eigenvalue weighted by Gasteiger charge is -2.20. The molecule has 1 aliphatic carbocycles. The van der Waals surface area contributed by atoms with Gasteiger partial charge in [-0.05, 0) is 24.5 Å². The molecule has 0 unspecified atom stereocenters. The van der Waals surface area contributed by atoms with Gasteiger partial charge in [-0.15, -0.1) is 0 Å². The number of H-pyrrole nitrogens is 1. The first-order valence-electron chi connectivity index (χ1n) is 6.30. The van der Waals surface area contributed by atoms with Gasteiger partial charge in [-0.2, -0.15) is 0 Å². The van der Waals surface area contributed by atoms with Crippen LogP contribution in [0.2, 0.25) is 0 Å². The van der Waals surface area contributed by atoms with Gasteiger partial charge in [-0.3, -0.25) is 0 Å². The zero-order chi connectivity index (χ0) is 10.3. The van der Waals surface area contributed by atoms with Crippen molar-refractivity contribution in [1.82, 2.24) is 10.3 Å². The summed E-state index contributed by atoms with van der Waals surface area (Å²) in [5.74, 6) is 0. The fourth-order valence-electron chi connectivity index (χ4n) is 2.39. The number of hydrogen-bond donors (Lipinski definition) is 2. The van der Waals surface area contributed by atoms with E-state index in [1.165, 1.54) is 50.5 Å². The van der Waals surface area contributed by atoms with Crippen molar-refractivity contribution in [2.24, 2.45) is 0 Å². The van der Waals surface area contributed by atoms with Crippen LogP contribution in [0.3, 0.4) is 0 Å². The smallest absolute Gasteiger partial charge is 0.0223 e. The predicted molar refractivity (Wildman–Crippen MR) is 63.7 cm³/mol. The first-order chi connectivity index (χ1) is 7.45. The molecule has 0 aromatic carbocycles. The summed E-state index contributed by atoms with van der Waals surface area (Å²) in [6, 6.07) is 2.90. The molecule has 1 aromatic heterocycles. The zero-order valence-corrected chi connectivity index (χ0v) is 9.47. The van der Waals surface area contributed by atoms with Crippen molar-refractivity contribution in [2.75, 3.05) is 0 Å². The molecule has 0 saturated heterocycles. The molecule has 1 aromatic rings. The van der Waals surface area contributed by atoms with Crippen LogP contribution in [0.15, 0.2) is 18.5 Å². The molecule has 1 heterocycles. The number of nitrogens with one attached hydrogen (secondary N) is 2. The van der Waals surface area contributed by atoms with E-state index in [0.29, 0.717) is 0 Å². The highest BCUT2D eigenvalue weighted by Gasteiger charge is 2.10. The summed E-state index contributed by atoms with van der Waals surface area (Å²) in [4.78, 5) is 3.10. The summed E-state index contributed by atoms with van der Waals surface area (Å²) in [6.07, 6.45) is 13.9. The maximum Gasteiger partial charge on any atom is 0.0223 e. The third kappa shape index (κ3) is 3.71. The predicted octanol–water partition coefficient (Wildman–Crippen LogP) is 3.22. The van der Waals surface area contributed by atoms with E-state index in [1.807, 2.05) is 6.20 Å². The molecule has 2 heteroatoms. The van der Waals surface area contributed by atoms with Gasteiger partial charge in [0.25, 0.3) is 0 Å². The average molecular weight is 206 g/mol. The summed E-state index contributed by atoms with van der Waals surface area (Å²) in [5.41, 5.74) is 1.37. The Morgan fingerprint density at radius 1 is 1.13 bits per heavy atom. The molecule has 2 N–H and O–H groups in total. The van der Waals surface area contributed by atoms with Gasteiger partial charge in [0.05, 0.1) is 0 Å². The Hall–Kier alpha value is -0.760. The van der Waals surface area contributed by atoms with Crippen LogP contribution in [0.4, 0.5) is 0 Å². The van der Waals surface area contributed by atoms with Crippen molar-refractivity contribution in [2.45, 2.75) is 57.5 Å². The van der Waals surface area contributed by atoms with Crippen molar-refractivity contribution in [1.29, 1.82) is 0 Å². The molecular formula is C13H22N2. The van der Waals surface area contributed by atoms with Crippen LogP contribution in [0.5, 0.6) is 0 Å². The van der Waals surface area contributed by atoms with Crippen molar-refractivity contribution >= 4 is 0 Å². The Balaban J connectivity index is 1.72. The Morgan fingerprint density at radius 2 is 1.87 bits per heavy atom. The topological polar surface area (TPSA) is 27.8 Å². The molecule has 0 radical (unpaired) electrons. The van der Waals surface area contributed by atoms with Crippen LogP contribution in [0.1, 0.15) is 50.5 Å². The fourth-order valence-corrected chi connectivity index (χ4v) is 2.39. The first kappa shape index (κ1) is 10.7. The van der Waals surface area contributed by atoms with Crippen molar-refractivity contribution < 1.29 is 0 Å². The standard InChI is InChI=1S/C13H22N2/c1-2-4-6-13(7-5-3-1)15-11-12-8-9-14-10-12/h8-10,13-15H,1-7,11H2. The van der Waals surface area contributed by atoms with Gasteiger partial charge in [0.2, 0.25) is 0 Å². The molecule has 0 bridgehead atoms. The van der Waals surface area contributed by atoms with Gasteiger partial charge in [-0.25, -0.2) is 0 Å². The highest BCUT2D eigenvalue weighted by Crippen LogP contribution is 2.17. The van der Waals surface area contributed by atoms with Gasteiger partial charge in [0.1, 0.15) is 0 Å². The van der Waals surface area contributed by atoms with Crippen molar-refractivity contribution in [3.8, 4) is 0 Å². The molecular weight excluding hydrogens is 184 g/mol. The van der Waals surface area contributed by atoms with E-state index < -0.39 is 0 Å². The van der Waals surface area contributed by atoms with Crippen LogP contribution in [0, 0.1) is 0 Å². The molecule has 2 nitrogen and oxygen atoms in total. The second-order valence-corrected chi connectivity index (χ2v) is 4.64. The second-order valence-electron chi connectivity index (χ2n) is 4.64. The molecule has 2 rings (SSSR count). The molecule has 1 fully saturated rings. The maximum absolute atomic E-state index is 3.67. The van der Waals surface area contributed by atoms with E-state index >= 15 is 0 Å². The molecule has 0 spiro atoms. The summed E-state index contributed by atoms with van der Waals surface area (Å²) < 4.78 is 0. The zero-order valence-electron chi connectivity index (χ0n) is 9.47. The summed E-state index contributed by atoms with van der Waals surface area (Å²) >= 11 is 0. The maximum atomic E-state index is 3.67. The van der Waals surface area contributed by atoms with Crippen LogP contribution < -0.4 is 5.32 Å². The lowest BCUT2D eigenvalue weighted by molar-refractivity contribution is 0.389. The molecule has 0 amide bonds. The number of aromatic amines is 1. The number of aromatic nitrogens is 1. The van der Waals surface area contributed by atoms with Crippen LogP contribution in [-0.4, -0.2) is 11.0 Å². The fraction of sp³-hybridized carbons (Fsp3) is 0.692. The van der Waals surface area contributed by atoms with E-state index in [2.05, 4.69) is 22.6 Å². The largest absolute Gasteiger partial charge is 0.367 e. The monoisotopic (exact) mass is 206 g/mol. The van der Waals surface area contributed by atoms with E-state index in [9.17, 15) is 0 Å². The first-order valence-corrected chi connectivity index (χ1v) is 6.30. The minimum absolute atomic E-state index is 0.750. The SMILES string of the molecule is c1cc(CNC2CCCCCCC2)c[nH]1. The van der Waals surface area contributed by atoms with E-state index in [0.717, 1.165) is 12.6 Å². The van der Waals surface area contributed by atoms with E-state index in [-0.39, 0.29) is 0 Å². The van der Waals surface area contributed by atoms with Crippen molar-refractivity contribution in [3.05, 3.63) is 24.0 Å². The average Bonchev–Trinajstić information content (AvgIpc) is 2.68. The minimum Gasteiger partial charge on any atom is -0.367 e. The summed E-state index contributed by atoms with van der Waals surface area (Å²) in [6.45, 7) is 1.02. The molecule has 1 saturated carbocycles. The van der Waals surface area contributed by atoms with E-state index in [1.54, 1.807) is 0 Å². The van der Waals surface area contributed by atoms with Gasteiger partial charge in [0.15, 0.2) is 0 Å². The van der Waals surface area contributed by atoms with Gasteiger partial charge in [0, 0.05) is 25.0 Å². The Bertz CT molecular complexity index is 246. The molecule has 0 atom stereocenters. The van der Waals surface area contributed by atoms with Crippen LogP contribution >= 0.6 is 0 Å². The minimum atomic E-state index is 0.750. The normalized spacial score (nSPS) is 19.7. The Kier molecular flexibility index (Phi) is 4.27.